The van der Waals surface area contributed by atoms with Gasteiger partial charge in [0, 0.05) is 6.42 Å². The van der Waals surface area contributed by atoms with Gasteiger partial charge in [0.15, 0.2) is 15.6 Å². The number of thiophene rings is 1. The molecule has 3 nitrogen and oxygen atoms in total. The van der Waals surface area contributed by atoms with Gasteiger partial charge in [-0.25, -0.2) is 17.2 Å². The highest BCUT2D eigenvalue weighted by Crippen LogP contribution is 2.19. The Morgan fingerprint density at radius 3 is 2.62 bits per heavy atom. The van der Waals surface area contributed by atoms with Crippen LogP contribution in [-0.4, -0.2) is 20.0 Å². The molecule has 2 aromatic rings. The smallest absolute Gasteiger partial charge is 0.181 e. The van der Waals surface area contributed by atoms with Gasteiger partial charge in [-0.1, -0.05) is 6.07 Å². The third-order valence-corrected chi connectivity index (χ3v) is 5.56. The van der Waals surface area contributed by atoms with Crippen LogP contribution < -0.4 is 0 Å². The number of hydrogen-bond donors (Lipinski definition) is 0. The summed E-state index contributed by atoms with van der Waals surface area (Å²) in [5, 5.41) is 1.76. The van der Waals surface area contributed by atoms with Crippen LogP contribution in [0.15, 0.2) is 40.6 Å². The molecule has 0 radical (unpaired) electrons. The van der Waals surface area contributed by atoms with Gasteiger partial charge >= 0.3 is 0 Å². The van der Waals surface area contributed by atoms with Crippen molar-refractivity contribution >= 4 is 27.0 Å². The lowest BCUT2D eigenvalue weighted by Gasteiger charge is -2.05. The SMILES string of the molecule is O=C(CCCS(=O)(=O)c1cc(F)ccc1F)c1cccs1. The number of sulfone groups is 1. The fourth-order valence-electron chi connectivity index (χ4n) is 1.81. The summed E-state index contributed by atoms with van der Waals surface area (Å²) in [5.41, 5.74) is 0. The molecule has 0 amide bonds. The van der Waals surface area contributed by atoms with E-state index in [-0.39, 0.29) is 18.6 Å². The summed E-state index contributed by atoms with van der Waals surface area (Å²) in [6.45, 7) is 0. The van der Waals surface area contributed by atoms with Gasteiger partial charge in [-0.15, -0.1) is 11.3 Å². The second-order valence-electron chi connectivity index (χ2n) is 4.40. The minimum atomic E-state index is -3.94. The minimum absolute atomic E-state index is 0.0523. The molecule has 7 heteroatoms. The Labute approximate surface area is 125 Å². The summed E-state index contributed by atoms with van der Waals surface area (Å²) >= 11 is 1.28. The lowest BCUT2D eigenvalue weighted by Crippen LogP contribution is -2.11. The Hall–Kier alpha value is -1.60. The van der Waals surface area contributed by atoms with Gasteiger partial charge in [0.05, 0.1) is 10.6 Å². The highest BCUT2D eigenvalue weighted by atomic mass is 32.2. The van der Waals surface area contributed by atoms with Crippen LogP contribution in [0.3, 0.4) is 0 Å². The molecule has 2 rings (SSSR count). The lowest BCUT2D eigenvalue weighted by molar-refractivity contribution is 0.0986. The third-order valence-electron chi connectivity index (χ3n) is 2.84. The van der Waals surface area contributed by atoms with Gasteiger partial charge in [-0.3, -0.25) is 4.79 Å². The molecule has 0 saturated heterocycles. The van der Waals surface area contributed by atoms with Gasteiger partial charge in [0.2, 0.25) is 0 Å². The van der Waals surface area contributed by atoms with Crippen molar-refractivity contribution in [1.82, 2.24) is 0 Å². The molecule has 1 heterocycles. The number of carbonyl (C=O) groups is 1. The fourth-order valence-corrected chi connectivity index (χ4v) is 3.90. The number of Topliss-reactive ketones (excluding diaryl/α,β-unsaturated/α-hetero) is 1. The van der Waals surface area contributed by atoms with Gasteiger partial charge in [0.1, 0.15) is 16.5 Å². The maximum atomic E-state index is 13.5. The van der Waals surface area contributed by atoms with Crippen LogP contribution in [0.4, 0.5) is 8.78 Å². The average Bonchev–Trinajstić information content (AvgIpc) is 2.95. The number of carbonyl (C=O) groups excluding carboxylic acids is 1. The summed E-state index contributed by atoms with van der Waals surface area (Å²) in [6.07, 6.45) is 0.117. The van der Waals surface area contributed by atoms with Crippen molar-refractivity contribution in [1.29, 1.82) is 0 Å². The predicted molar refractivity (Wildman–Crippen MR) is 76.3 cm³/mol. The summed E-state index contributed by atoms with van der Waals surface area (Å²) in [5.74, 6) is -2.35. The maximum absolute atomic E-state index is 13.5. The molecular formula is C14H12F2O3S2. The molecule has 1 aromatic heterocycles. The van der Waals surface area contributed by atoms with E-state index in [4.69, 9.17) is 0 Å². The van der Waals surface area contributed by atoms with Gasteiger partial charge in [0.25, 0.3) is 0 Å². The van der Waals surface area contributed by atoms with Crippen molar-refractivity contribution in [2.45, 2.75) is 17.7 Å². The molecular weight excluding hydrogens is 318 g/mol. The van der Waals surface area contributed by atoms with Crippen molar-refractivity contribution in [3.05, 3.63) is 52.2 Å². The molecule has 0 spiro atoms. The van der Waals surface area contributed by atoms with E-state index in [0.717, 1.165) is 12.1 Å². The summed E-state index contributed by atoms with van der Waals surface area (Å²) in [4.78, 5) is 11.6. The summed E-state index contributed by atoms with van der Waals surface area (Å²) in [7, 11) is -3.94. The van der Waals surface area contributed by atoms with E-state index >= 15 is 0 Å². The van der Waals surface area contributed by atoms with Crippen LogP contribution in [-0.2, 0) is 9.84 Å². The second kappa shape index (κ2) is 6.44. The van der Waals surface area contributed by atoms with E-state index in [1.54, 1.807) is 17.5 Å². The molecule has 0 aliphatic rings. The van der Waals surface area contributed by atoms with Crippen molar-refractivity contribution in [2.75, 3.05) is 5.75 Å². The molecule has 0 atom stereocenters. The minimum Gasteiger partial charge on any atom is -0.293 e. The Morgan fingerprint density at radius 1 is 1.19 bits per heavy atom. The average molecular weight is 330 g/mol. The fraction of sp³-hybridized carbons (Fsp3) is 0.214. The number of ketones is 1. The summed E-state index contributed by atoms with van der Waals surface area (Å²) in [6, 6.07) is 5.68. The first-order valence-corrected chi connectivity index (χ1v) is 8.68. The molecule has 0 saturated carbocycles. The molecule has 0 aliphatic carbocycles. The number of hydrogen-bond acceptors (Lipinski definition) is 4. The second-order valence-corrected chi connectivity index (χ2v) is 7.42. The van der Waals surface area contributed by atoms with Gasteiger partial charge < -0.3 is 0 Å². The Kier molecular flexibility index (Phi) is 4.84. The van der Waals surface area contributed by atoms with Crippen molar-refractivity contribution < 1.29 is 22.0 Å². The first kappa shape index (κ1) is 15.8. The van der Waals surface area contributed by atoms with Crippen molar-refractivity contribution in [3.63, 3.8) is 0 Å². The molecule has 21 heavy (non-hydrogen) atoms. The number of benzene rings is 1. The molecule has 112 valence electrons. The van der Waals surface area contributed by atoms with E-state index < -0.39 is 32.1 Å². The quantitative estimate of drug-likeness (QED) is 0.762. The number of rotatable bonds is 6. The molecule has 0 N–H and O–H groups in total. The first-order valence-electron chi connectivity index (χ1n) is 6.14. The Morgan fingerprint density at radius 2 is 1.95 bits per heavy atom. The van der Waals surface area contributed by atoms with Gasteiger partial charge in [-0.2, -0.15) is 0 Å². The van der Waals surface area contributed by atoms with E-state index in [9.17, 15) is 22.0 Å². The van der Waals surface area contributed by atoms with Crippen LogP contribution in [0.2, 0.25) is 0 Å². The summed E-state index contributed by atoms with van der Waals surface area (Å²) < 4.78 is 50.4. The van der Waals surface area contributed by atoms with E-state index in [1.165, 1.54) is 11.3 Å². The standard InChI is InChI=1S/C14H12F2O3S2/c15-10-5-6-11(16)14(9-10)21(18,19)8-2-3-12(17)13-4-1-7-20-13/h1,4-7,9H,2-3,8H2. The van der Waals surface area contributed by atoms with E-state index in [2.05, 4.69) is 0 Å². The zero-order chi connectivity index (χ0) is 15.5. The number of halogens is 2. The van der Waals surface area contributed by atoms with Crippen LogP contribution in [0.5, 0.6) is 0 Å². The van der Waals surface area contributed by atoms with E-state index in [0.29, 0.717) is 10.9 Å². The molecule has 0 unspecified atom stereocenters. The Balaban J connectivity index is 2.02. The van der Waals surface area contributed by atoms with Gasteiger partial charge in [-0.05, 0) is 36.1 Å². The van der Waals surface area contributed by atoms with Crippen LogP contribution >= 0.6 is 11.3 Å². The van der Waals surface area contributed by atoms with Crippen LogP contribution in [0, 0.1) is 11.6 Å². The van der Waals surface area contributed by atoms with E-state index in [1.807, 2.05) is 0 Å². The normalized spacial score (nSPS) is 11.5. The molecule has 0 aliphatic heterocycles. The molecule has 1 aromatic carbocycles. The highest BCUT2D eigenvalue weighted by Gasteiger charge is 2.20. The zero-order valence-corrected chi connectivity index (χ0v) is 12.5. The van der Waals surface area contributed by atoms with Crippen molar-refractivity contribution in [2.24, 2.45) is 0 Å². The maximum Gasteiger partial charge on any atom is 0.181 e. The van der Waals surface area contributed by atoms with Crippen LogP contribution in [0.1, 0.15) is 22.5 Å². The largest absolute Gasteiger partial charge is 0.293 e. The Bertz CT molecular complexity index is 738. The zero-order valence-electron chi connectivity index (χ0n) is 10.9. The highest BCUT2D eigenvalue weighted by molar-refractivity contribution is 7.91. The third kappa shape index (κ3) is 3.95. The lowest BCUT2D eigenvalue weighted by atomic mass is 10.2. The first-order chi connectivity index (χ1) is 9.90. The van der Waals surface area contributed by atoms with Crippen molar-refractivity contribution in [3.8, 4) is 0 Å². The molecule has 0 bridgehead atoms. The molecule has 0 fully saturated rings. The monoisotopic (exact) mass is 330 g/mol. The topological polar surface area (TPSA) is 51.2 Å². The predicted octanol–water partition coefficient (Wildman–Crippen LogP) is 3.46. The van der Waals surface area contributed by atoms with Crippen LogP contribution in [0.25, 0.3) is 0 Å².